The van der Waals surface area contributed by atoms with E-state index in [2.05, 4.69) is 15.5 Å². The number of amides is 1. The summed E-state index contributed by atoms with van der Waals surface area (Å²) in [5.74, 6) is -0.248. The van der Waals surface area contributed by atoms with E-state index >= 15 is 0 Å². The topological polar surface area (TPSA) is 108 Å². The van der Waals surface area contributed by atoms with Gasteiger partial charge in [-0.05, 0) is 27.2 Å². The van der Waals surface area contributed by atoms with Crippen LogP contribution in [0.4, 0.5) is 5.69 Å². The lowest BCUT2D eigenvalue weighted by Gasteiger charge is -2.07. The summed E-state index contributed by atoms with van der Waals surface area (Å²) in [4.78, 5) is 22.1. The first kappa shape index (κ1) is 17.9. The second-order valence-electron chi connectivity index (χ2n) is 5.44. The molecule has 2 heterocycles. The van der Waals surface area contributed by atoms with Gasteiger partial charge in [-0.2, -0.15) is 10.2 Å². The maximum absolute atomic E-state index is 11.9. The maximum Gasteiger partial charge on any atom is 0.309 e. The lowest BCUT2D eigenvalue weighted by molar-refractivity contribution is -0.385. The Morgan fingerprint density at radius 3 is 2.58 bits per heavy atom. The molecule has 0 saturated heterocycles. The molecule has 2 aromatic rings. The number of nitrogens with zero attached hydrogens (tertiary/aromatic N) is 5. The second-order valence-corrected chi connectivity index (χ2v) is 5.82. The van der Waals surface area contributed by atoms with E-state index in [-0.39, 0.29) is 18.1 Å². The van der Waals surface area contributed by atoms with Crippen LogP contribution in [0.2, 0.25) is 5.02 Å². The molecule has 130 valence electrons. The average Bonchev–Trinajstić information content (AvgIpc) is 3.00. The van der Waals surface area contributed by atoms with Crippen molar-refractivity contribution in [3.63, 3.8) is 0 Å². The molecule has 0 aliphatic heterocycles. The monoisotopic (exact) mass is 354 g/mol. The minimum atomic E-state index is -0.518. The van der Waals surface area contributed by atoms with Gasteiger partial charge in [0.1, 0.15) is 18.4 Å². The van der Waals surface area contributed by atoms with Gasteiger partial charge in [0, 0.05) is 13.1 Å². The molecule has 10 heteroatoms. The van der Waals surface area contributed by atoms with Crippen molar-refractivity contribution < 1.29 is 9.72 Å². The van der Waals surface area contributed by atoms with Gasteiger partial charge in [0.25, 0.3) is 0 Å². The Balaban J connectivity index is 1.79. The molecule has 0 spiro atoms. The summed E-state index contributed by atoms with van der Waals surface area (Å²) in [5.41, 5.74) is 1.95. The number of hydrogen-bond donors (Lipinski definition) is 1. The van der Waals surface area contributed by atoms with Gasteiger partial charge in [0.2, 0.25) is 5.91 Å². The number of carbonyl (C=O) groups excluding carboxylic acids is 1. The summed E-state index contributed by atoms with van der Waals surface area (Å²) < 4.78 is 3.12. The number of aryl methyl sites for hydroxylation is 2. The number of aromatic nitrogens is 4. The minimum Gasteiger partial charge on any atom is -0.354 e. The van der Waals surface area contributed by atoms with Crippen LogP contribution in [-0.4, -0.2) is 36.9 Å². The van der Waals surface area contributed by atoms with E-state index in [4.69, 9.17) is 11.6 Å². The van der Waals surface area contributed by atoms with Crippen LogP contribution in [0.3, 0.4) is 0 Å². The van der Waals surface area contributed by atoms with Gasteiger partial charge in [0.05, 0.1) is 21.3 Å². The molecule has 0 aliphatic rings. The van der Waals surface area contributed by atoms with E-state index in [1.807, 2.05) is 18.5 Å². The van der Waals surface area contributed by atoms with Crippen molar-refractivity contribution in [1.29, 1.82) is 0 Å². The standard InChI is InChI=1S/C14H19ClN6O3/c1-9-14(15)11(3)19(18-9)6-4-5-16-13(22)8-20-10(2)12(7-17-20)21(23)24/h7H,4-6,8H2,1-3H3,(H,16,22). The number of rotatable bonds is 7. The van der Waals surface area contributed by atoms with Crippen molar-refractivity contribution in [2.24, 2.45) is 0 Å². The van der Waals surface area contributed by atoms with Crippen molar-refractivity contribution in [2.45, 2.75) is 40.3 Å². The smallest absolute Gasteiger partial charge is 0.309 e. The van der Waals surface area contributed by atoms with Crippen LogP contribution < -0.4 is 5.32 Å². The van der Waals surface area contributed by atoms with Crippen LogP contribution in [0.1, 0.15) is 23.5 Å². The fourth-order valence-corrected chi connectivity index (χ4v) is 2.45. The van der Waals surface area contributed by atoms with Gasteiger partial charge >= 0.3 is 5.69 Å². The molecule has 0 fully saturated rings. The molecule has 24 heavy (non-hydrogen) atoms. The Morgan fingerprint density at radius 1 is 1.33 bits per heavy atom. The van der Waals surface area contributed by atoms with Crippen LogP contribution >= 0.6 is 11.6 Å². The summed E-state index contributed by atoms with van der Waals surface area (Å²) in [6.45, 7) is 6.37. The van der Waals surface area contributed by atoms with E-state index < -0.39 is 4.92 Å². The Morgan fingerprint density at radius 2 is 2.04 bits per heavy atom. The summed E-state index contributed by atoms with van der Waals surface area (Å²) in [7, 11) is 0. The number of hydrogen-bond acceptors (Lipinski definition) is 5. The first-order valence-electron chi connectivity index (χ1n) is 7.44. The number of carbonyl (C=O) groups is 1. The molecule has 2 rings (SSSR count). The van der Waals surface area contributed by atoms with Crippen molar-refractivity contribution in [2.75, 3.05) is 6.54 Å². The van der Waals surface area contributed by atoms with Crippen LogP contribution in [0.25, 0.3) is 0 Å². The maximum atomic E-state index is 11.9. The lowest BCUT2D eigenvalue weighted by Crippen LogP contribution is -2.29. The zero-order valence-corrected chi connectivity index (χ0v) is 14.5. The van der Waals surface area contributed by atoms with Crippen molar-refractivity contribution in [3.8, 4) is 0 Å². The molecule has 0 radical (unpaired) electrons. The number of nitrogens with one attached hydrogen (secondary N) is 1. The van der Waals surface area contributed by atoms with Gasteiger partial charge in [0.15, 0.2) is 0 Å². The van der Waals surface area contributed by atoms with E-state index in [9.17, 15) is 14.9 Å². The quantitative estimate of drug-likeness (QED) is 0.463. The minimum absolute atomic E-state index is 0.0502. The fraction of sp³-hybridized carbons (Fsp3) is 0.500. The first-order chi connectivity index (χ1) is 11.3. The summed E-state index contributed by atoms with van der Waals surface area (Å²) in [6, 6.07) is 0. The zero-order chi connectivity index (χ0) is 17.9. The Hall–Kier alpha value is -2.42. The number of halogens is 1. The first-order valence-corrected chi connectivity index (χ1v) is 7.82. The third-order valence-electron chi connectivity index (χ3n) is 3.73. The summed E-state index contributed by atoms with van der Waals surface area (Å²) in [5, 5.41) is 22.4. The lowest BCUT2D eigenvalue weighted by atomic mass is 10.3. The highest BCUT2D eigenvalue weighted by Gasteiger charge is 2.17. The third kappa shape index (κ3) is 3.91. The van der Waals surface area contributed by atoms with Crippen molar-refractivity contribution in [3.05, 3.63) is 38.4 Å². The van der Waals surface area contributed by atoms with Gasteiger partial charge < -0.3 is 5.32 Å². The van der Waals surface area contributed by atoms with Crippen molar-refractivity contribution >= 4 is 23.2 Å². The van der Waals surface area contributed by atoms with E-state index in [0.717, 1.165) is 17.6 Å². The molecule has 0 saturated carbocycles. The highest BCUT2D eigenvalue weighted by molar-refractivity contribution is 6.31. The summed E-state index contributed by atoms with van der Waals surface area (Å²) >= 11 is 6.08. The molecular formula is C14H19ClN6O3. The molecule has 0 bridgehead atoms. The predicted molar refractivity (Wildman–Crippen MR) is 88.0 cm³/mol. The number of nitro groups is 1. The van der Waals surface area contributed by atoms with Crippen LogP contribution in [-0.2, 0) is 17.9 Å². The molecule has 1 amide bonds. The van der Waals surface area contributed by atoms with Crippen LogP contribution in [0.5, 0.6) is 0 Å². The molecule has 0 unspecified atom stereocenters. The van der Waals surface area contributed by atoms with E-state index in [1.165, 1.54) is 4.68 Å². The third-order valence-corrected chi connectivity index (χ3v) is 4.28. The molecule has 0 aromatic carbocycles. The SMILES string of the molecule is Cc1nn(CCCNC(=O)Cn2ncc([N+](=O)[O-])c2C)c(C)c1Cl. The molecule has 9 nitrogen and oxygen atoms in total. The zero-order valence-electron chi connectivity index (χ0n) is 13.7. The van der Waals surface area contributed by atoms with Crippen LogP contribution in [0.15, 0.2) is 6.20 Å². The fourth-order valence-electron chi connectivity index (χ4n) is 2.32. The predicted octanol–water partition coefficient (Wildman–Crippen LogP) is 1.77. The molecule has 0 atom stereocenters. The van der Waals surface area contributed by atoms with Gasteiger partial charge in [-0.25, -0.2) is 0 Å². The molecule has 2 aromatic heterocycles. The molecule has 0 aliphatic carbocycles. The Bertz CT molecular complexity index is 767. The normalized spacial score (nSPS) is 10.8. The molecular weight excluding hydrogens is 336 g/mol. The van der Waals surface area contributed by atoms with E-state index in [0.29, 0.717) is 30.2 Å². The largest absolute Gasteiger partial charge is 0.354 e. The van der Waals surface area contributed by atoms with Gasteiger partial charge in [-0.1, -0.05) is 11.6 Å². The van der Waals surface area contributed by atoms with Crippen molar-refractivity contribution in [1.82, 2.24) is 24.9 Å². The Labute approximate surface area is 143 Å². The highest BCUT2D eigenvalue weighted by Crippen LogP contribution is 2.19. The van der Waals surface area contributed by atoms with Gasteiger partial charge in [-0.3, -0.25) is 24.3 Å². The van der Waals surface area contributed by atoms with E-state index in [1.54, 1.807) is 6.92 Å². The highest BCUT2D eigenvalue weighted by atomic mass is 35.5. The second kappa shape index (κ2) is 7.43. The Kier molecular flexibility index (Phi) is 5.55. The summed E-state index contributed by atoms with van der Waals surface area (Å²) in [6.07, 6.45) is 1.84. The average molecular weight is 355 g/mol. The van der Waals surface area contributed by atoms with Crippen LogP contribution in [0, 0.1) is 30.9 Å². The van der Waals surface area contributed by atoms with Gasteiger partial charge in [-0.15, -0.1) is 0 Å². The molecule has 1 N–H and O–H groups in total.